The van der Waals surface area contributed by atoms with E-state index in [-0.39, 0.29) is 27.2 Å². The lowest BCUT2D eigenvalue weighted by atomic mass is 10.1. The van der Waals surface area contributed by atoms with Crippen molar-refractivity contribution in [3.05, 3.63) is 65.9 Å². The molecule has 2 aromatic carbocycles. The van der Waals surface area contributed by atoms with Gasteiger partial charge in [-0.1, -0.05) is 18.2 Å². The molecule has 0 radical (unpaired) electrons. The Balaban J connectivity index is 2.20. The molecule has 0 spiro atoms. The van der Waals surface area contributed by atoms with E-state index in [4.69, 9.17) is 0 Å². The highest BCUT2D eigenvalue weighted by Crippen LogP contribution is 2.36. The van der Waals surface area contributed by atoms with Crippen LogP contribution in [0.5, 0.6) is 0 Å². The van der Waals surface area contributed by atoms with Crippen molar-refractivity contribution < 1.29 is 31.5 Å². The van der Waals surface area contributed by atoms with E-state index in [9.17, 15) is 31.5 Å². The predicted octanol–water partition coefficient (Wildman–Crippen LogP) is 4.99. The Morgan fingerprint density at radius 2 is 1.70 bits per heavy atom. The van der Waals surface area contributed by atoms with Gasteiger partial charge in [-0.2, -0.15) is 13.2 Å². The van der Waals surface area contributed by atoms with Gasteiger partial charge in [0, 0.05) is 16.8 Å². The number of fused-ring (bicyclic) bond motifs is 1. The minimum absolute atomic E-state index is 0.0221. The fraction of sp³-hybridized carbons (Fsp3) is 0.250. The van der Waals surface area contributed by atoms with Crippen molar-refractivity contribution in [3.63, 3.8) is 0 Å². The Bertz CT molecular complexity index is 1200. The average molecular weight is 457 g/mol. The van der Waals surface area contributed by atoms with Crippen LogP contribution in [-0.2, 0) is 26.7 Å². The molecule has 5 nitrogen and oxygen atoms in total. The second-order valence-corrected chi connectivity index (χ2v) is 10.5. The van der Waals surface area contributed by atoms with Crippen molar-refractivity contribution in [3.8, 4) is 0 Å². The zero-order valence-electron chi connectivity index (χ0n) is 16.0. The van der Waals surface area contributed by atoms with E-state index in [1.54, 1.807) is 18.2 Å². The maximum atomic E-state index is 13.3. The van der Waals surface area contributed by atoms with Gasteiger partial charge in [-0.25, -0.2) is 12.4 Å². The van der Waals surface area contributed by atoms with Gasteiger partial charge in [0.25, 0.3) is 10.0 Å². The van der Waals surface area contributed by atoms with Crippen molar-refractivity contribution in [2.45, 2.75) is 35.4 Å². The molecule has 1 aromatic heterocycles. The Labute approximate surface area is 175 Å². The predicted molar refractivity (Wildman–Crippen MR) is 109 cm³/mol. The summed E-state index contributed by atoms with van der Waals surface area (Å²) in [5.74, 6) is -1.11. The summed E-state index contributed by atoms with van der Waals surface area (Å²) < 4.78 is 65.7. The Hall–Kier alpha value is -2.46. The summed E-state index contributed by atoms with van der Waals surface area (Å²) in [6.07, 6.45) is -4.57. The summed E-state index contributed by atoms with van der Waals surface area (Å²) in [6.45, 7) is 2.95. The average Bonchev–Trinajstić information content (AvgIpc) is 3.04. The zero-order valence-corrected chi connectivity index (χ0v) is 17.6. The lowest BCUT2D eigenvalue weighted by Crippen LogP contribution is -2.27. The number of alkyl halides is 3. The highest BCUT2D eigenvalue weighted by Gasteiger charge is 2.33. The maximum Gasteiger partial charge on any atom is 0.416 e. The second-order valence-electron chi connectivity index (χ2n) is 7.09. The molecule has 3 aromatic rings. The third-order valence-electron chi connectivity index (χ3n) is 4.53. The highest BCUT2D eigenvalue weighted by molar-refractivity contribution is 8.00. The summed E-state index contributed by atoms with van der Waals surface area (Å²) >= 11 is 0.983. The van der Waals surface area contributed by atoms with E-state index in [1.165, 1.54) is 32.0 Å². The number of carbonyl (C=O) groups is 1. The zero-order chi connectivity index (χ0) is 22.3. The van der Waals surface area contributed by atoms with Crippen LogP contribution in [0.15, 0.2) is 59.5 Å². The number of nitrogens with zero attached hydrogens (tertiary/aromatic N) is 1. The first-order chi connectivity index (χ1) is 13.8. The van der Waals surface area contributed by atoms with Gasteiger partial charge in [-0.15, -0.1) is 11.8 Å². The van der Waals surface area contributed by atoms with Crippen LogP contribution in [-0.4, -0.2) is 28.2 Å². The Morgan fingerprint density at radius 3 is 2.27 bits per heavy atom. The summed E-state index contributed by atoms with van der Waals surface area (Å²) in [7, 11) is -4.11. The summed E-state index contributed by atoms with van der Waals surface area (Å²) in [6, 6.07) is 11.7. The maximum absolute atomic E-state index is 13.3. The van der Waals surface area contributed by atoms with Crippen molar-refractivity contribution in [1.29, 1.82) is 0 Å². The van der Waals surface area contributed by atoms with Crippen molar-refractivity contribution in [2.75, 3.05) is 0 Å². The summed E-state index contributed by atoms with van der Waals surface area (Å²) in [4.78, 5) is 11.4. The molecule has 0 bridgehead atoms. The molecule has 1 heterocycles. The third kappa shape index (κ3) is 4.20. The largest absolute Gasteiger partial charge is 0.480 e. The minimum Gasteiger partial charge on any atom is -0.480 e. The lowest BCUT2D eigenvalue weighted by Gasteiger charge is -2.19. The Kier molecular flexibility index (Phi) is 5.68. The van der Waals surface area contributed by atoms with Crippen LogP contribution in [0.4, 0.5) is 13.2 Å². The van der Waals surface area contributed by atoms with E-state index < -0.39 is 32.5 Å². The van der Waals surface area contributed by atoms with E-state index in [1.807, 2.05) is 0 Å². The number of aromatic nitrogens is 1. The molecule has 160 valence electrons. The molecule has 0 aliphatic rings. The van der Waals surface area contributed by atoms with E-state index in [0.29, 0.717) is 0 Å². The molecule has 0 aliphatic heterocycles. The molecular weight excluding hydrogens is 439 g/mol. The lowest BCUT2D eigenvalue weighted by molar-refractivity contribution is -0.139. The number of hydrogen-bond acceptors (Lipinski definition) is 4. The quantitative estimate of drug-likeness (QED) is 0.564. The first-order valence-corrected chi connectivity index (χ1v) is 11.2. The normalized spacial score (nSPS) is 13.0. The fourth-order valence-corrected chi connectivity index (χ4v) is 5.31. The molecule has 0 saturated carbocycles. The van der Waals surface area contributed by atoms with Gasteiger partial charge in [-0.05, 0) is 50.2 Å². The van der Waals surface area contributed by atoms with Crippen molar-refractivity contribution in [1.82, 2.24) is 3.97 Å². The standard InChI is InChI=1S/C20H18F3NO4S2/c1-19(2,18(25)26)29-12-15-11-13-10-14(20(21,22)23)8-9-17(13)24(15)30(27,28)16-6-4-3-5-7-16/h3-11H,12H2,1-2H3,(H,25,26). The molecule has 1 N–H and O–H groups in total. The molecule has 0 atom stereocenters. The van der Waals surface area contributed by atoms with Gasteiger partial charge < -0.3 is 5.11 Å². The second kappa shape index (κ2) is 7.66. The van der Waals surface area contributed by atoms with E-state index >= 15 is 0 Å². The van der Waals surface area contributed by atoms with Gasteiger partial charge >= 0.3 is 12.1 Å². The number of rotatable bonds is 6. The number of carboxylic acid groups (broad SMARTS) is 1. The van der Waals surface area contributed by atoms with E-state index in [0.717, 1.165) is 33.9 Å². The highest BCUT2D eigenvalue weighted by atomic mass is 32.2. The molecule has 0 fully saturated rings. The molecular formula is C20H18F3NO4S2. The van der Waals surface area contributed by atoms with Crippen molar-refractivity contribution >= 4 is 38.7 Å². The molecule has 0 saturated heterocycles. The summed E-state index contributed by atoms with van der Waals surface area (Å²) in [5.41, 5.74) is -0.614. The van der Waals surface area contributed by atoms with Crippen LogP contribution in [0.2, 0.25) is 0 Å². The fourth-order valence-electron chi connectivity index (χ4n) is 2.82. The van der Waals surface area contributed by atoms with Gasteiger partial charge in [0.05, 0.1) is 16.0 Å². The van der Waals surface area contributed by atoms with Crippen LogP contribution >= 0.6 is 11.8 Å². The Morgan fingerprint density at radius 1 is 1.07 bits per heavy atom. The molecule has 0 unspecified atom stereocenters. The van der Waals surface area contributed by atoms with Crippen molar-refractivity contribution in [2.24, 2.45) is 0 Å². The minimum atomic E-state index is -4.57. The topological polar surface area (TPSA) is 76.4 Å². The van der Waals surface area contributed by atoms with Gasteiger partial charge in [0.2, 0.25) is 0 Å². The number of carboxylic acids is 1. The smallest absolute Gasteiger partial charge is 0.416 e. The molecule has 30 heavy (non-hydrogen) atoms. The molecule has 0 aliphatic carbocycles. The van der Waals surface area contributed by atoms with Crippen LogP contribution in [0, 0.1) is 0 Å². The number of benzene rings is 2. The number of aliphatic carboxylic acids is 1. The first-order valence-electron chi connectivity index (χ1n) is 8.73. The monoisotopic (exact) mass is 457 g/mol. The number of halogens is 3. The SMILES string of the molecule is CC(C)(SCc1cc2cc(C(F)(F)F)ccc2n1S(=O)(=O)c1ccccc1)C(=O)O. The van der Waals surface area contributed by atoms with Crippen LogP contribution in [0.25, 0.3) is 10.9 Å². The van der Waals surface area contributed by atoms with Gasteiger partial charge in [-0.3, -0.25) is 4.79 Å². The molecule has 0 amide bonds. The third-order valence-corrected chi connectivity index (χ3v) is 7.65. The molecule has 10 heteroatoms. The molecule has 3 rings (SSSR count). The van der Waals surface area contributed by atoms with Crippen LogP contribution in [0.3, 0.4) is 0 Å². The van der Waals surface area contributed by atoms with Crippen LogP contribution in [0.1, 0.15) is 25.1 Å². The van der Waals surface area contributed by atoms with E-state index in [2.05, 4.69) is 0 Å². The van der Waals surface area contributed by atoms with Gasteiger partial charge in [0.1, 0.15) is 4.75 Å². The number of thioether (sulfide) groups is 1. The summed E-state index contributed by atoms with van der Waals surface area (Å²) in [5, 5.41) is 9.43. The first kappa shape index (κ1) is 22.2. The van der Waals surface area contributed by atoms with Crippen LogP contribution < -0.4 is 0 Å². The van der Waals surface area contributed by atoms with Gasteiger partial charge in [0.15, 0.2) is 0 Å². The number of hydrogen-bond donors (Lipinski definition) is 1.